The van der Waals surface area contributed by atoms with Gasteiger partial charge in [-0.25, -0.2) is 8.42 Å². The van der Waals surface area contributed by atoms with Crippen LogP contribution < -0.4 is 15.8 Å². The summed E-state index contributed by atoms with van der Waals surface area (Å²) in [6.45, 7) is 0.310. The van der Waals surface area contributed by atoms with Crippen LogP contribution in [0.4, 0.5) is 5.69 Å². The van der Waals surface area contributed by atoms with Gasteiger partial charge in [0.25, 0.3) is 0 Å². The number of amides is 1. The van der Waals surface area contributed by atoms with Crippen molar-refractivity contribution in [2.24, 2.45) is 0 Å². The zero-order chi connectivity index (χ0) is 14.3. The van der Waals surface area contributed by atoms with Crippen molar-refractivity contribution in [3.63, 3.8) is 0 Å². The topological polar surface area (TPSA) is 98.5 Å². The van der Waals surface area contributed by atoms with Crippen molar-refractivity contribution in [3.05, 3.63) is 24.3 Å². The fraction of sp³-hybridized carbons (Fsp3) is 0.417. The maximum atomic E-state index is 11.4. The summed E-state index contributed by atoms with van der Waals surface area (Å²) >= 11 is 0. The zero-order valence-electron chi connectivity index (χ0n) is 10.8. The van der Waals surface area contributed by atoms with Crippen molar-refractivity contribution in [1.82, 2.24) is 5.32 Å². The van der Waals surface area contributed by atoms with E-state index >= 15 is 0 Å². The van der Waals surface area contributed by atoms with E-state index in [4.69, 9.17) is 10.5 Å². The first-order valence-electron chi connectivity index (χ1n) is 5.80. The second kappa shape index (κ2) is 6.98. The molecule has 19 heavy (non-hydrogen) atoms. The van der Waals surface area contributed by atoms with Crippen LogP contribution in [0.15, 0.2) is 24.3 Å². The van der Waals surface area contributed by atoms with E-state index in [2.05, 4.69) is 5.32 Å². The molecule has 0 aliphatic heterocycles. The van der Waals surface area contributed by atoms with E-state index in [0.717, 1.165) is 6.26 Å². The summed E-state index contributed by atoms with van der Waals surface area (Å²) in [7, 11) is -3.05. The molecule has 0 saturated carbocycles. The number of rotatable bonds is 7. The highest BCUT2D eigenvalue weighted by Gasteiger charge is 2.06. The van der Waals surface area contributed by atoms with E-state index in [9.17, 15) is 13.2 Å². The van der Waals surface area contributed by atoms with Gasteiger partial charge in [-0.1, -0.05) is 12.1 Å². The predicted molar refractivity (Wildman–Crippen MR) is 73.7 cm³/mol. The van der Waals surface area contributed by atoms with Crippen LogP contribution in [0.2, 0.25) is 0 Å². The molecule has 0 aliphatic rings. The smallest absolute Gasteiger partial charge is 0.223 e. The van der Waals surface area contributed by atoms with Crippen LogP contribution in [0.5, 0.6) is 5.75 Å². The Kier molecular flexibility index (Phi) is 5.62. The molecule has 0 saturated heterocycles. The van der Waals surface area contributed by atoms with Crippen LogP contribution in [0.3, 0.4) is 0 Å². The number of nitrogens with one attached hydrogen (secondary N) is 1. The molecule has 1 amide bonds. The fourth-order valence-electron chi connectivity index (χ4n) is 1.33. The molecular weight excluding hydrogens is 268 g/mol. The number of benzene rings is 1. The van der Waals surface area contributed by atoms with Gasteiger partial charge in [0.1, 0.15) is 15.6 Å². The molecule has 1 aromatic rings. The molecule has 0 fully saturated rings. The van der Waals surface area contributed by atoms with Gasteiger partial charge in [-0.15, -0.1) is 0 Å². The highest BCUT2D eigenvalue weighted by molar-refractivity contribution is 7.90. The normalized spacial score (nSPS) is 11.0. The van der Waals surface area contributed by atoms with Crippen LogP contribution in [0.1, 0.15) is 6.42 Å². The molecule has 0 unspecified atom stereocenters. The Bertz CT molecular complexity index is 528. The number of carbonyl (C=O) groups is 1. The van der Waals surface area contributed by atoms with Crippen molar-refractivity contribution < 1.29 is 17.9 Å². The number of anilines is 1. The summed E-state index contributed by atoms with van der Waals surface area (Å²) in [5, 5.41) is 2.51. The maximum absolute atomic E-state index is 11.4. The van der Waals surface area contributed by atoms with Crippen molar-refractivity contribution in [2.75, 3.05) is 30.9 Å². The van der Waals surface area contributed by atoms with Crippen LogP contribution in [-0.4, -0.2) is 39.5 Å². The molecule has 1 rings (SSSR count). The highest BCUT2D eigenvalue weighted by Crippen LogP contribution is 2.19. The molecular formula is C12H18N2O4S. The van der Waals surface area contributed by atoms with Crippen molar-refractivity contribution in [3.8, 4) is 5.75 Å². The summed E-state index contributed by atoms with van der Waals surface area (Å²) in [6, 6.07) is 7.01. The third kappa shape index (κ3) is 6.66. The van der Waals surface area contributed by atoms with Gasteiger partial charge in [0, 0.05) is 12.8 Å². The van der Waals surface area contributed by atoms with Crippen molar-refractivity contribution in [2.45, 2.75) is 6.42 Å². The van der Waals surface area contributed by atoms with Crippen LogP contribution in [-0.2, 0) is 14.6 Å². The average Bonchev–Trinajstić information content (AvgIpc) is 2.30. The maximum Gasteiger partial charge on any atom is 0.223 e. The molecule has 0 aliphatic carbocycles. The molecule has 1 aromatic carbocycles. The van der Waals surface area contributed by atoms with Gasteiger partial charge in [0.05, 0.1) is 24.5 Å². The summed E-state index contributed by atoms with van der Waals surface area (Å²) in [4.78, 5) is 11.4. The number of hydrogen-bond donors (Lipinski definition) is 2. The molecule has 0 bridgehead atoms. The molecule has 6 nitrogen and oxygen atoms in total. The van der Waals surface area contributed by atoms with Crippen LogP contribution in [0.25, 0.3) is 0 Å². The number of carbonyl (C=O) groups excluding carboxylic acids is 1. The van der Waals surface area contributed by atoms with Gasteiger partial charge in [0.15, 0.2) is 0 Å². The Morgan fingerprint density at radius 2 is 2.05 bits per heavy atom. The first-order valence-corrected chi connectivity index (χ1v) is 7.86. The van der Waals surface area contributed by atoms with E-state index in [1.54, 1.807) is 24.3 Å². The van der Waals surface area contributed by atoms with Crippen LogP contribution in [0, 0.1) is 0 Å². The number of hydrogen-bond acceptors (Lipinski definition) is 5. The molecule has 0 aromatic heterocycles. The Morgan fingerprint density at radius 3 is 2.68 bits per heavy atom. The lowest BCUT2D eigenvalue weighted by molar-refractivity contribution is -0.121. The summed E-state index contributed by atoms with van der Waals surface area (Å²) in [6.07, 6.45) is 1.28. The van der Waals surface area contributed by atoms with Gasteiger partial charge < -0.3 is 15.8 Å². The molecule has 0 radical (unpaired) electrons. The molecule has 0 spiro atoms. The zero-order valence-corrected chi connectivity index (χ0v) is 11.6. The summed E-state index contributed by atoms with van der Waals surface area (Å²) < 4.78 is 27.1. The fourth-order valence-corrected chi connectivity index (χ4v) is 1.80. The largest absolute Gasteiger partial charge is 0.491 e. The standard InChI is InChI=1S/C12H18N2O4S/c1-19(16,17)9-7-14-12(15)6-8-18-11-5-3-2-4-10(11)13/h2-5H,6-9,13H2,1H3,(H,14,15). The number of nitrogen functional groups attached to an aromatic ring is 1. The van der Waals surface area contributed by atoms with Gasteiger partial charge >= 0.3 is 0 Å². The third-order valence-electron chi connectivity index (χ3n) is 2.30. The Morgan fingerprint density at radius 1 is 1.37 bits per heavy atom. The lowest BCUT2D eigenvalue weighted by Gasteiger charge is -2.08. The number of sulfone groups is 1. The van der Waals surface area contributed by atoms with Crippen molar-refractivity contribution in [1.29, 1.82) is 0 Å². The number of nitrogens with two attached hydrogens (primary N) is 1. The lowest BCUT2D eigenvalue weighted by Crippen LogP contribution is -2.29. The minimum absolute atomic E-state index is 0.0643. The highest BCUT2D eigenvalue weighted by atomic mass is 32.2. The average molecular weight is 286 g/mol. The predicted octanol–water partition coefficient (Wildman–Crippen LogP) is 0.199. The first-order chi connectivity index (χ1) is 8.88. The Labute approximate surface area is 112 Å². The SMILES string of the molecule is CS(=O)(=O)CCNC(=O)CCOc1ccccc1N. The Balaban J connectivity index is 2.23. The number of para-hydroxylation sites is 2. The second-order valence-electron chi connectivity index (χ2n) is 4.12. The van der Waals surface area contributed by atoms with Gasteiger partial charge in [-0.05, 0) is 12.1 Å². The third-order valence-corrected chi connectivity index (χ3v) is 3.25. The lowest BCUT2D eigenvalue weighted by atomic mass is 10.3. The monoisotopic (exact) mass is 286 g/mol. The van der Waals surface area contributed by atoms with E-state index in [1.807, 2.05) is 0 Å². The molecule has 0 atom stereocenters. The van der Waals surface area contributed by atoms with E-state index in [-0.39, 0.29) is 31.2 Å². The van der Waals surface area contributed by atoms with Crippen LogP contribution >= 0.6 is 0 Å². The summed E-state index contributed by atoms with van der Waals surface area (Å²) in [5.74, 6) is 0.218. The first kappa shape index (κ1) is 15.3. The van der Waals surface area contributed by atoms with E-state index in [0.29, 0.717) is 11.4 Å². The van der Waals surface area contributed by atoms with Gasteiger partial charge in [0.2, 0.25) is 5.91 Å². The quantitative estimate of drug-likeness (QED) is 0.698. The molecule has 0 heterocycles. The van der Waals surface area contributed by atoms with Gasteiger partial charge in [-0.2, -0.15) is 0 Å². The Hall–Kier alpha value is -1.76. The molecule has 3 N–H and O–H groups in total. The molecule has 106 valence electrons. The summed E-state index contributed by atoms with van der Waals surface area (Å²) in [5.41, 5.74) is 6.19. The van der Waals surface area contributed by atoms with E-state index in [1.165, 1.54) is 0 Å². The molecule has 7 heteroatoms. The van der Waals surface area contributed by atoms with Gasteiger partial charge in [-0.3, -0.25) is 4.79 Å². The minimum Gasteiger partial charge on any atom is -0.491 e. The second-order valence-corrected chi connectivity index (χ2v) is 6.38. The minimum atomic E-state index is -3.05. The van der Waals surface area contributed by atoms with E-state index < -0.39 is 9.84 Å². The number of ether oxygens (including phenoxy) is 1. The van der Waals surface area contributed by atoms with Crippen molar-refractivity contribution >= 4 is 21.4 Å².